The first kappa shape index (κ1) is 19.9. The van der Waals surface area contributed by atoms with Gasteiger partial charge in [-0.15, -0.1) is 0 Å². The highest BCUT2D eigenvalue weighted by Gasteiger charge is 2.49. The minimum absolute atomic E-state index is 0.150. The summed E-state index contributed by atoms with van der Waals surface area (Å²) in [5.41, 5.74) is 0.877. The second kappa shape index (κ2) is 9.33. The lowest BCUT2D eigenvalue weighted by Crippen LogP contribution is -2.45. The van der Waals surface area contributed by atoms with Gasteiger partial charge in [0.1, 0.15) is 24.7 Å². The Hall–Kier alpha value is -2.41. The molecule has 1 fully saturated rings. The monoisotopic (exact) mass is 362 g/mol. The van der Waals surface area contributed by atoms with Crippen molar-refractivity contribution in [2.45, 2.75) is 51.9 Å². The van der Waals surface area contributed by atoms with E-state index in [1.54, 1.807) is 6.92 Å². The maximum atomic E-state index is 12.4. The van der Waals surface area contributed by atoms with Gasteiger partial charge >= 0.3 is 11.9 Å². The first-order valence-electron chi connectivity index (χ1n) is 8.86. The van der Waals surface area contributed by atoms with E-state index in [-0.39, 0.29) is 19.1 Å². The molecule has 1 saturated heterocycles. The highest BCUT2D eigenvalue weighted by molar-refractivity contribution is 5.97. The number of esters is 2. The van der Waals surface area contributed by atoms with Crippen LogP contribution in [0.15, 0.2) is 30.3 Å². The van der Waals surface area contributed by atoms with Crippen molar-refractivity contribution in [1.29, 1.82) is 0 Å². The smallest absolute Gasteiger partial charge is 0.328 e. The van der Waals surface area contributed by atoms with Crippen LogP contribution in [0, 0.1) is 5.92 Å². The SMILES string of the molecule is CCOC(=O)[C@H]1N[C@@H]1C(=O)NC(CC(C)C)C(=O)OCc1ccccc1. The van der Waals surface area contributed by atoms with Crippen molar-refractivity contribution < 1.29 is 23.9 Å². The van der Waals surface area contributed by atoms with Crippen LogP contribution in [0.1, 0.15) is 32.8 Å². The molecule has 1 heterocycles. The van der Waals surface area contributed by atoms with Crippen LogP contribution in [0.25, 0.3) is 0 Å². The first-order valence-corrected chi connectivity index (χ1v) is 8.86. The second-order valence-corrected chi connectivity index (χ2v) is 6.66. The van der Waals surface area contributed by atoms with E-state index in [4.69, 9.17) is 9.47 Å². The van der Waals surface area contributed by atoms with Gasteiger partial charge < -0.3 is 14.8 Å². The number of nitrogens with one attached hydrogen (secondary N) is 2. The fraction of sp³-hybridized carbons (Fsp3) is 0.526. The fourth-order valence-electron chi connectivity index (χ4n) is 2.58. The Morgan fingerprint density at radius 1 is 1.12 bits per heavy atom. The van der Waals surface area contributed by atoms with Crippen LogP contribution >= 0.6 is 0 Å². The Bertz CT molecular complexity index is 632. The summed E-state index contributed by atoms with van der Waals surface area (Å²) >= 11 is 0. The summed E-state index contributed by atoms with van der Waals surface area (Å²) in [6, 6.07) is 7.28. The van der Waals surface area contributed by atoms with E-state index in [9.17, 15) is 14.4 Å². The molecule has 7 nitrogen and oxygen atoms in total. The molecule has 1 aliphatic heterocycles. The molecule has 0 spiro atoms. The van der Waals surface area contributed by atoms with Gasteiger partial charge in [0.2, 0.25) is 5.91 Å². The Labute approximate surface area is 153 Å². The molecule has 1 aliphatic rings. The molecule has 0 aromatic heterocycles. The zero-order valence-electron chi connectivity index (χ0n) is 15.4. The molecule has 1 unspecified atom stereocenters. The maximum Gasteiger partial charge on any atom is 0.328 e. The molecular formula is C19H26N2O5. The lowest BCUT2D eigenvalue weighted by atomic mass is 10.0. The summed E-state index contributed by atoms with van der Waals surface area (Å²) in [6.45, 7) is 6.03. The molecule has 0 radical (unpaired) electrons. The van der Waals surface area contributed by atoms with Gasteiger partial charge in [0.25, 0.3) is 0 Å². The third-order valence-electron chi connectivity index (χ3n) is 3.94. The summed E-state index contributed by atoms with van der Waals surface area (Å²) in [7, 11) is 0. The van der Waals surface area contributed by atoms with E-state index in [1.165, 1.54) is 0 Å². The van der Waals surface area contributed by atoms with Gasteiger partial charge in [-0.3, -0.25) is 14.9 Å². The van der Waals surface area contributed by atoms with Gasteiger partial charge in [-0.2, -0.15) is 0 Å². The normalized spacial score (nSPS) is 19.5. The molecular weight excluding hydrogens is 336 g/mol. The number of rotatable bonds is 9. The van der Waals surface area contributed by atoms with Gasteiger partial charge in [0.15, 0.2) is 0 Å². The number of carbonyl (C=O) groups excluding carboxylic acids is 3. The molecule has 142 valence electrons. The Balaban J connectivity index is 1.89. The number of carbonyl (C=O) groups is 3. The van der Waals surface area contributed by atoms with Crippen molar-refractivity contribution in [3.05, 3.63) is 35.9 Å². The van der Waals surface area contributed by atoms with Crippen molar-refractivity contribution in [3.8, 4) is 0 Å². The van der Waals surface area contributed by atoms with Crippen LogP contribution in [-0.4, -0.2) is 42.6 Å². The third-order valence-corrected chi connectivity index (χ3v) is 3.94. The van der Waals surface area contributed by atoms with E-state index in [0.29, 0.717) is 6.42 Å². The topological polar surface area (TPSA) is 104 Å². The number of hydrogen-bond donors (Lipinski definition) is 2. The highest BCUT2D eigenvalue weighted by atomic mass is 16.5. The lowest BCUT2D eigenvalue weighted by Gasteiger charge is -2.19. The van der Waals surface area contributed by atoms with E-state index in [0.717, 1.165) is 5.56 Å². The first-order chi connectivity index (χ1) is 12.4. The van der Waals surface area contributed by atoms with Crippen molar-refractivity contribution in [1.82, 2.24) is 10.6 Å². The highest BCUT2D eigenvalue weighted by Crippen LogP contribution is 2.15. The molecule has 2 N–H and O–H groups in total. The van der Waals surface area contributed by atoms with Crippen molar-refractivity contribution in [2.24, 2.45) is 5.92 Å². The summed E-state index contributed by atoms with van der Waals surface area (Å²) in [4.78, 5) is 36.3. The minimum Gasteiger partial charge on any atom is -0.465 e. The summed E-state index contributed by atoms with van der Waals surface area (Å²) in [5.74, 6) is -1.15. The molecule has 26 heavy (non-hydrogen) atoms. The summed E-state index contributed by atoms with van der Waals surface area (Å²) < 4.78 is 10.2. The largest absolute Gasteiger partial charge is 0.465 e. The Morgan fingerprint density at radius 3 is 2.42 bits per heavy atom. The average molecular weight is 362 g/mol. The molecule has 1 aromatic carbocycles. The lowest BCUT2D eigenvalue weighted by molar-refractivity contribution is -0.149. The summed E-state index contributed by atoms with van der Waals surface area (Å²) in [5, 5.41) is 5.46. The second-order valence-electron chi connectivity index (χ2n) is 6.66. The Morgan fingerprint density at radius 2 is 1.81 bits per heavy atom. The number of benzene rings is 1. The minimum atomic E-state index is -0.753. The third kappa shape index (κ3) is 5.84. The molecule has 7 heteroatoms. The van der Waals surface area contributed by atoms with Gasteiger partial charge in [-0.05, 0) is 24.8 Å². The molecule has 3 atom stereocenters. The van der Waals surface area contributed by atoms with Crippen LogP contribution < -0.4 is 10.6 Å². The quantitative estimate of drug-likeness (QED) is 0.505. The number of amides is 1. The predicted octanol–water partition coefficient (Wildman–Crippen LogP) is 1.16. The van der Waals surface area contributed by atoms with Crippen molar-refractivity contribution in [3.63, 3.8) is 0 Å². The number of ether oxygens (including phenoxy) is 2. The predicted molar refractivity (Wildman–Crippen MR) is 95.0 cm³/mol. The molecule has 2 rings (SSSR count). The molecule has 0 aliphatic carbocycles. The average Bonchev–Trinajstić information content (AvgIpc) is 3.41. The Kier molecular flexibility index (Phi) is 7.15. The van der Waals surface area contributed by atoms with Gasteiger partial charge in [0, 0.05) is 0 Å². The van der Waals surface area contributed by atoms with E-state index in [2.05, 4.69) is 10.6 Å². The van der Waals surface area contributed by atoms with Gasteiger partial charge in [-0.1, -0.05) is 44.2 Å². The maximum absolute atomic E-state index is 12.4. The van der Waals surface area contributed by atoms with Crippen LogP contribution in [0.4, 0.5) is 0 Å². The van der Waals surface area contributed by atoms with Crippen molar-refractivity contribution in [2.75, 3.05) is 6.61 Å². The number of hydrogen-bond acceptors (Lipinski definition) is 6. The van der Waals surface area contributed by atoms with Crippen LogP contribution in [-0.2, 0) is 30.5 Å². The molecule has 1 aromatic rings. The zero-order valence-corrected chi connectivity index (χ0v) is 15.4. The van der Waals surface area contributed by atoms with Crippen LogP contribution in [0.5, 0.6) is 0 Å². The van der Waals surface area contributed by atoms with Gasteiger partial charge in [-0.25, -0.2) is 4.79 Å². The van der Waals surface area contributed by atoms with Crippen LogP contribution in [0.3, 0.4) is 0 Å². The zero-order chi connectivity index (χ0) is 19.1. The molecule has 1 amide bonds. The standard InChI is InChI=1S/C19H26N2O5/c1-4-25-19(24)16-15(21-16)17(22)20-14(10-12(2)3)18(23)26-11-13-8-6-5-7-9-13/h5-9,12,14-16,21H,4,10-11H2,1-3H3,(H,20,22)/t14?,15-,16-/m0/s1. The van der Waals surface area contributed by atoms with E-state index < -0.39 is 36.0 Å². The fourth-order valence-corrected chi connectivity index (χ4v) is 2.58. The van der Waals surface area contributed by atoms with E-state index in [1.807, 2.05) is 44.2 Å². The van der Waals surface area contributed by atoms with Crippen molar-refractivity contribution >= 4 is 17.8 Å². The van der Waals surface area contributed by atoms with Crippen LogP contribution in [0.2, 0.25) is 0 Å². The van der Waals surface area contributed by atoms with Gasteiger partial charge in [0.05, 0.1) is 6.61 Å². The molecule has 0 bridgehead atoms. The van der Waals surface area contributed by atoms with E-state index >= 15 is 0 Å². The summed E-state index contributed by atoms with van der Waals surface area (Å²) in [6.07, 6.45) is 0.455. The molecule has 0 saturated carbocycles.